The van der Waals surface area contributed by atoms with E-state index in [2.05, 4.69) is 0 Å². The van der Waals surface area contributed by atoms with Crippen molar-refractivity contribution in [1.82, 2.24) is 4.90 Å². The maximum absolute atomic E-state index is 13.0. The van der Waals surface area contributed by atoms with Gasteiger partial charge in [-0.1, -0.05) is 54.6 Å². The number of amides is 1. The second-order valence-corrected chi connectivity index (χ2v) is 7.36. The van der Waals surface area contributed by atoms with Crippen LogP contribution in [0, 0.1) is 10.1 Å². The van der Waals surface area contributed by atoms with Crippen molar-refractivity contribution in [2.75, 3.05) is 20.3 Å². The first kappa shape index (κ1) is 21.2. The molecule has 0 bridgehead atoms. The predicted octanol–water partition coefficient (Wildman–Crippen LogP) is 3.82. The van der Waals surface area contributed by atoms with Crippen molar-refractivity contribution in [3.63, 3.8) is 0 Å². The van der Waals surface area contributed by atoms with Crippen molar-refractivity contribution < 1.29 is 24.4 Å². The van der Waals surface area contributed by atoms with Crippen LogP contribution in [-0.4, -0.2) is 46.9 Å². The fourth-order valence-corrected chi connectivity index (χ4v) is 4.03. The van der Waals surface area contributed by atoms with Crippen LogP contribution in [0.1, 0.15) is 17.2 Å². The SMILES string of the molecule is COCCN1C(=O)C(=O)/C(=C(\O)c2cccc([N+](=O)[O-])c2)C1c1cccc2ccccc12. The first-order chi connectivity index (χ1) is 15.4. The predicted molar refractivity (Wildman–Crippen MR) is 118 cm³/mol. The Bertz CT molecular complexity index is 1260. The van der Waals surface area contributed by atoms with E-state index in [9.17, 15) is 24.8 Å². The molecule has 1 heterocycles. The summed E-state index contributed by atoms with van der Waals surface area (Å²) < 4.78 is 5.12. The number of carbonyl (C=O) groups is 2. The quantitative estimate of drug-likeness (QED) is 0.208. The summed E-state index contributed by atoms with van der Waals surface area (Å²) in [7, 11) is 1.49. The van der Waals surface area contributed by atoms with Crippen LogP contribution in [-0.2, 0) is 14.3 Å². The molecule has 3 aromatic carbocycles. The maximum atomic E-state index is 13.0. The Labute approximate surface area is 183 Å². The van der Waals surface area contributed by atoms with Crippen LogP contribution < -0.4 is 0 Å². The van der Waals surface area contributed by atoms with E-state index in [0.29, 0.717) is 5.56 Å². The number of aliphatic hydroxyl groups excluding tert-OH is 1. The van der Waals surface area contributed by atoms with Crippen LogP contribution in [0.5, 0.6) is 0 Å². The molecule has 1 amide bonds. The number of methoxy groups -OCH3 is 1. The molecule has 1 unspecified atom stereocenters. The highest BCUT2D eigenvalue weighted by atomic mass is 16.6. The molecule has 162 valence electrons. The number of likely N-dealkylation sites (tertiary alicyclic amines) is 1. The van der Waals surface area contributed by atoms with E-state index >= 15 is 0 Å². The number of hydrogen-bond acceptors (Lipinski definition) is 6. The van der Waals surface area contributed by atoms with Gasteiger partial charge in [-0.25, -0.2) is 0 Å². The van der Waals surface area contributed by atoms with E-state index in [1.54, 1.807) is 6.07 Å². The Kier molecular flexibility index (Phi) is 5.70. The zero-order valence-corrected chi connectivity index (χ0v) is 17.2. The number of hydrogen-bond donors (Lipinski definition) is 1. The van der Waals surface area contributed by atoms with Gasteiger partial charge in [0.05, 0.1) is 23.1 Å². The molecule has 1 fully saturated rings. The normalized spacial score (nSPS) is 17.8. The number of benzene rings is 3. The Morgan fingerprint density at radius 1 is 1.09 bits per heavy atom. The number of Topliss-reactive ketones (excluding diaryl/α,β-unsaturated/α-hetero) is 1. The second-order valence-electron chi connectivity index (χ2n) is 7.36. The average molecular weight is 432 g/mol. The van der Waals surface area contributed by atoms with Gasteiger partial charge in [-0.2, -0.15) is 0 Å². The van der Waals surface area contributed by atoms with Crippen molar-refractivity contribution in [2.45, 2.75) is 6.04 Å². The summed E-state index contributed by atoms with van der Waals surface area (Å²) in [6, 6.07) is 17.6. The van der Waals surface area contributed by atoms with Gasteiger partial charge in [-0.15, -0.1) is 0 Å². The van der Waals surface area contributed by atoms with Crippen LogP contribution >= 0.6 is 0 Å². The second kappa shape index (κ2) is 8.60. The molecule has 1 N–H and O–H groups in total. The molecule has 1 aliphatic heterocycles. The molecule has 32 heavy (non-hydrogen) atoms. The van der Waals surface area contributed by atoms with Crippen molar-refractivity contribution in [2.24, 2.45) is 0 Å². The number of fused-ring (bicyclic) bond motifs is 1. The van der Waals surface area contributed by atoms with Gasteiger partial charge in [-0.3, -0.25) is 19.7 Å². The number of carbonyl (C=O) groups excluding carboxylic acids is 2. The summed E-state index contributed by atoms with van der Waals surface area (Å²) in [6.45, 7) is 0.339. The number of rotatable bonds is 6. The van der Waals surface area contributed by atoms with Gasteiger partial charge >= 0.3 is 0 Å². The molecule has 1 saturated heterocycles. The van der Waals surface area contributed by atoms with Crippen LogP contribution in [0.25, 0.3) is 16.5 Å². The highest BCUT2D eigenvalue weighted by Crippen LogP contribution is 2.41. The van der Waals surface area contributed by atoms with Crippen molar-refractivity contribution in [3.05, 3.63) is 93.5 Å². The van der Waals surface area contributed by atoms with E-state index in [0.717, 1.165) is 10.8 Å². The summed E-state index contributed by atoms with van der Waals surface area (Å²) >= 11 is 0. The van der Waals surface area contributed by atoms with Crippen molar-refractivity contribution in [1.29, 1.82) is 0 Å². The molecule has 0 saturated carbocycles. The number of nitro benzene ring substituents is 1. The van der Waals surface area contributed by atoms with Gasteiger partial charge in [0.2, 0.25) is 0 Å². The fourth-order valence-electron chi connectivity index (χ4n) is 4.03. The molecular weight excluding hydrogens is 412 g/mol. The first-order valence-electron chi connectivity index (χ1n) is 9.94. The molecule has 0 aliphatic carbocycles. The number of ketones is 1. The van der Waals surface area contributed by atoms with Gasteiger partial charge in [0.1, 0.15) is 5.76 Å². The molecule has 4 rings (SSSR count). The van der Waals surface area contributed by atoms with E-state index in [-0.39, 0.29) is 30.0 Å². The third kappa shape index (κ3) is 3.61. The number of nitro groups is 1. The maximum Gasteiger partial charge on any atom is 0.295 e. The van der Waals surface area contributed by atoms with E-state index in [1.165, 1.54) is 36.3 Å². The monoisotopic (exact) mass is 432 g/mol. The third-order valence-electron chi connectivity index (χ3n) is 5.52. The molecule has 1 atom stereocenters. The van der Waals surface area contributed by atoms with Crippen LogP contribution in [0.3, 0.4) is 0 Å². The Hall–Kier alpha value is -4.04. The Balaban J connectivity index is 1.96. The van der Waals surface area contributed by atoms with Gasteiger partial charge < -0.3 is 14.7 Å². The van der Waals surface area contributed by atoms with E-state index < -0.39 is 28.4 Å². The summed E-state index contributed by atoms with van der Waals surface area (Å²) in [4.78, 5) is 37.9. The van der Waals surface area contributed by atoms with E-state index in [1.807, 2.05) is 36.4 Å². The van der Waals surface area contributed by atoms with Gasteiger partial charge in [0, 0.05) is 31.4 Å². The summed E-state index contributed by atoms with van der Waals surface area (Å²) in [5.74, 6) is -2.06. The summed E-state index contributed by atoms with van der Waals surface area (Å²) in [6.07, 6.45) is 0. The lowest BCUT2D eigenvalue weighted by molar-refractivity contribution is -0.384. The van der Waals surface area contributed by atoms with Gasteiger partial charge in [0.25, 0.3) is 17.4 Å². The number of aliphatic hydroxyl groups is 1. The minimum atomic E-state index is -0.865. The lowest BCUT2D eigenvalue weighted by Crippen LogP contribution is -2.32. The molecule has 0 radical (unpaired) electrons. The van der Waals surface area contributed by atoms with Gasteiger partial charge in [0.15, 0.2) is 0 Å². The molecule has 8 heteroatoms. The molecule has 0 aromatic heterocycles. The summed E-state index contributed by atoms with van der Waals surface area (Å²) in [5.41, 5.74) is 0.423. The molecule has 0 spiro atoms. The first-order valence-corrected chi connectivity index (χ1v) is 9.94. The molecule has 3 aromatic rings. The van der Waals surface area contributed by atoms with Crippen LogP contribution in [0.2, 0.25) is 0 Å². The minimum Gasteiger partial charge on any atom is -0.507 e. The number of nitrogens with zero attached hydrogens (tertiary/aromatic N) is 2. The van der Waals surface area contributed by atoms with Gasteiger partial charge in [-0.05, 0) is 16.3 Å². The topological polar surface area (TPSA) is 110 Å². The number of ether oxygens (including phenoxy) is 1. The minimum absolute atomic E-state index is 0.0918. The lowest BCUT2D eigenvalue weighted by atomic mass is 9.91. The zero-order chi connectivity index (χ0) is 22.8. The summed E-state index contributed by atoms with van der Waals surface area (Å²) in [5, 5.41) is 24.0. The average Bonchev–Trinajstić information content (AvgIpc) is 3.06. The Morgan fingerprint density at radius 3 is 2.56 bits per heavy atom. The molecule has 1 aliphatic rings. The lowest BCUT2D eigenvalue weighted by Gasteiger charge is -2.26. The van der Waals surface area contributed by atoms with Crippen molar-refractivity contribution in [3.8, 4) is 0 Å². The fraction of sp³-hybridized carbons (Fsp3) is 0.167. The zero-order valence-electron chi connectivity index (χ0n) is 17.2. The Morgan fingerprint density at radius 2 is 1.81 bits per heavy atom. The highest BCUT2D eigenvalue weighted by Gasteiger charge is 2.46. The van der Waals surface area contributed by atoms with Crippen molar-refractivity contribution >= 4 is 33.9 Å². The highest BCUT2D eigenvalue weighted by molar-refractivity contribution is 6.46. The standard InChI is InChI=1S/C24H20N2O6/c1-32-13-12-25-21(19-11-5-7-15-6-2-3-10-18(15)19)20(23(28)24(25)29)22(27)16-8-4-9-17(14-16)26(30)31/h2-11,14,21,27H,12-13H2,1H3/b22-20-. The van der Waals surface area contributed by atoms with Crippen LogP contribution in [0.4, 0.5) is 5.69 Å². The number of non-ortho nitro benzene ring substituents is 1. The van der Waals surface area contributed by atoms with E-state index in [4.69, 9.17) is 4.74 Å². The van der Waals surface area contributed by atoms with Crippen LogP contribution in [0.15, 0.2) is 72.3 Å². The smallest absolute Gasteiger partial charge is 0.295 e. The molecular formula is C24H20N2O6. The third-order valence-corrected chi connectivity index (χ3v) is 5.52. The molecule has 8 nitrogen and oxygen atoms in total. The largest absolute Gasteiger partial charge is 0.507 e.